The monoisotopic (exact) mass is 410 g/mol. The highest BCUT2D eigenvalue weighted by Crippen LogP contribution is 2.47. The van der Waals surface area contributed by atoms with Gasteiger partial charge in [-0.1, -0.05) is 48.5 Å². The van der Waals surface area contributed by atoms with E-state index < -0.39 is 0 Å². The van der Waals surface area contributed by atoms with E-state index in [-0.39, 0.29) is 0 Å². The first kappa shape index (κ1) is 18.9. The first-order valence-electron chi connectivity index (χ1n) is 11.7. The number of piperidine rings is 1. The molecule has 31 heavy (non-hydrogen) atoms. The summed E-state index contributed by atoms with van der Waals surface area (Å²) >= 11 is 0. The number of aromatic nitrogens is 3. The van der Waals surface area contributed by atoms with Gasteiger partial charge in [0.15, 0.2) is 0 Å². The largest absolute Gasteiger partial charge is 0.354 e. The van der Waals surface area contributed by atoms with Crippen molar-refractivity contribution < 1.29 is 0 Å². The molecule has 2 fully saturated rings. The summed E-state index contributed by atoms with van der Waals surface area (Å²) in [6, 6.07) is 21.2. The number of nitrogens with one attached hydrogen (secondary N) is 1. The Morgan fingerprint density at radius 3 is 2.45 bits per heavy atom. The Morgan fingerprint density at radius 1 is 0.968 bits per heavy atom. The van der Waals surface area contributed by atoms with Crippen molar-refractivity contribution in [2.75, 3.05) is 6.54 Å². The number of hydrogen-bond donors (Lipinski definition) is 1. The number of para-hydroxylation sites is 1. The molecule has 1 N–H and O–H groups in total. The molecule has 158 valence electrons. The van der Waals surface area contributed by atoms with E-state index in [1.54, 1.807) is 5.56 Å². The normalized spacial score (nSPS) is 23.6. The van der Waals surface area contributed by atoms with Crippen LogP contribution in [0, 0.1) is 0 Å². The SMILES string of the molecule is Cn1cc(CCN2C3CCC2CC(c2c(-c4ccccc4)[nH]c4ccccc24)C3)cn1. The second-order valence-corrected chi connectivity index (χ2v) is 9.39. The third-order valence-corrected chi connectivity index (χ3v) is 7.52. The van der Waals surface area contributed by atoms with Crippen molar-refractivity contribution in [3.05, 3.63) is 78.1 Å². The van der Waals surface area contributed by atoms with Crippen LogP contribution in [-0.4, -0.2) is 38.3 Å². The van der Waals surface area contributed by atoms with Crippen LogP contribution >= 0.6 is 0 Å². The van der Waals surface area contributed by atoms with Crippen LogP contribution < -0.4 is 0 Å². The van der Waals surface area contributed by atoms with Crippen LogP contribution in [0.4, 0.5) is 0 Å². The highest BCUT2D eigenvalue weighted by atomic mass is 15.2. The second kappa shape index (κ2) is 7.69. The fourth-order valence-corrected chi connectivity index (χ4v) is 6.15. The molecule has 4 nitrogen and oxygen atoms in total. The van der Waals surface area contributed by atoms with Crippen molar-refractivity contribution >= 4 is 10.9 Å². The third kappa shape index (κ3) is 3.39. The molecule has 2 atom stereocenters. The van der Waals surface area contributed by atoms with Gasteiger partial charge in [-0.25, -0.2) is 0 Å². The predicted octanol–water partition coefficient (Wildman–Crippen LogP) is 5.52. The molecule has 6 rings (SSSR count). The smallest absolute Gasteiger partial charge is 0.0522 e. The second-order valence-electron chi connectivity index (χ2n) is 9.39. The lowest BCUT2D eigenvalue weighted by Gasteiger charge is -2.39. The predicted molar refractivity (Wildman–Crippen MR) is 126 cm³/mol. The number of hydrogen-bond acceptors (Lipinski definition) is 2. The molecule has 2 aliphatic heterocycles. The van der Waals surface area contributed by atoms with E-state index >= 15 is 0 Å². The van der Waals surface area contributed by atoms with Gasteiger partial charge in [0.25, 0.3) is 0 Å². The first-order valence-corrected chi connectivity index (χ1v) is 11.7. The number of H-pyrrole nitrogens is 1. The van der Waals surface area contributed by atoms with E-state index in [9.17, 15) is 0 Å². The summed E-state index contributed by atoms with van der Waals surface area (Å²) in [5.41, 5.74) is 6.80. The fourth-order valence-electron chi connectivity index (χ4n) is 6.15. The molecule has 2 unspecified atom stereocenters. The summed E-state index contributed by atoms with van der Waals surface area (Å²) in [6.45, 7) is 1.16. The van der Waals surface area contributed by atoms with Crippen LogP contribution in [0.1, 0.15) is 42.7 Å². The summed E-state index contributed by atoms with van der Waals surface area (Å²) < 4.78 is 1.91. The summed E-state index contributed by atoms with van der Waals surface area (Å²) in [7, 11) is 2.00. The average molecular weight is 411 g/mol. The van der Waals surface area contributed by atoms with E-state index in [0.29, 0.717) is 18.0 Å². The molecule has 2 saturated heterocycles. The van der Waals surface area contributed by atoms with E-state index in [4.69, 9.17) is 0 Å². The van der Waals surface area contributed by atoms with E-state index in [0.717, 1.165) is 13.0 Å². The lowest BCUT2D eigenvalue weighted by Crippen LogP contribution is -2.43. The van der Waals surface area contributed by atoms with Gasteiger partial charge in [0.05, 0.1) is 6.20 Å². The van der Waals surface area contributed by atoms with Gasteiger partial charge in [-0.05, 0) is 60.8 Å². The summed E-state index contributed by atoms with van der Waals surface area (Å²) in [5, 5.41) is 5.75. The molecule has 2 aliphatic rings. The van der Waals surface area contributed by atoms with Crippen LogP contribution in [0.3, 0.4) is 0 Å². The van der Waals surface area contributed by atoms with Crippen LogP contribution in [0.25, 0.3) is 22.2 Å². The molecular weight excluding hydrogens is 380 g/mol. The topological polar surface area (TPSA) is 36.9 Å². The molecular formula is C27H30N4. The van der Waals surface area contributed by atoms with Crippen LogP contribution in [0.2, 0.25) is 0 Å². The van der Waals surface area contributed by atoms with Gasteiger partial charge in [-0.3, -0.25) is 9.58 Å². The molecule has 0 spiro atoms. The molecule has 2 bridgehead atoms. The molecule has 2 aromatic heterocycles. The van der Waals surface area contributed by atoms with Gasteiger partial charge in [0.1, 0.15) is 0 Å². The highest BCUT2D eigenvalue weighted by Gasteiger charge is 2.42. The third-order valence-electron chi connectivity index (χ3n) is 7.52. The van der Waals surface area contributed by atoms with Gasteiger partial charge >= 0.3 is 0 Å². The number of aromatic amines is 1. The number of aryl methyl sites for hydroxylation is 1. The Kier molecular flexibility index (Phi) is 4.68. The molecule has 0 radical (unpaired) electrons. The van der Waals surface area contributed by atoms with Crippen LogP contribution in [0.15, 0.2) is 67.0 Å². The molecule has 4 heteroatoms. The van der Waals surface area contributed by atoms with Crippen LogP contribution in [-0.2, 0) is 13.5 Å². The zero-order valence-electron chi connectivity index (χ0n) is 18.2. The van der Waals surface area contributed by atoms with Crippen LogP contribution in [0.5, 0.6) is 0 Å². The van der Waals surface area contributed by atoms with E-state index in [1.807, 2.05) is 17.9 Å². The Morgan fingerprint density at radius 2 is 1.71 bits per heavy atom. The van der Waals surface area contributed by atoms with Crippen molar-refractivity contribution in [3.8, 4) is 11.3 Å². The number of nitrogens with zero attached hydrogens (tertiary/aromatic N) is 3. The average Bonchev–Trinajstić information content (AvgIpc) is 3.46. The fraction of sp³-hybridized carbons (Fsp3) is 0.370. The van der Waals surface area contributed by atoms with Gasteiger partial charge in [0, 0.05) is 48.5 Å². The maximum absolute atomic E-state index is 4.34. The lowest BCUT2D eigenvalue weighted by atomic mass is 9.82. The molecule has 0 amide bonds. The first-order chi connectivity index (χ1) is 15.3. The maximum Gasteiger partial charge on any atom is 0.0522 e. The van der Waals surface area contributed by atoms with Crippen molar-refractivity contribution in [3.63, 3.8) is 0 Å². The minimum atomic E-state index is 0.624. The molecule has 0 saturated carbocycles. The standard InChI is InChI=1S/C27H30N4/c1-30-18-19(17-28-30)13-14-31-22-11-12-23(31)16-21(15-22)26-24-9-5-6-10-25(24)29-27(26)20-7-3-2-4-8-20/h2-10,17-18,21-23,29H,11-16H2,1H3. The van der Waals surface area contributed by atoms with Crippen molar-refractivity contribution in [2.45, 2.75) is 50.1 Å². The lowest BCUT2D eigenvalue weighted by molar-refractivity contribution is 0.129. The van der Waals surface area contributed by atoms with Crippen molar-refractivity contribution in [1.29, 1.82) is 0 Å². The van der Waals surface area contributed by atoms with E-state index in [1.165, 1.54) is 53.4 Å². The van der Waals surface area contributed by atoms with Gasteiger partial charge in [-0.15, -0.1) is 0 Å². The quantitative estimate of drug-likeness (QED) is 0.470. The molecule has 0 aliphatic carbocycles. The van der Waals surface area contributed by atoms with E-state index in [2.05, 4.69) is 75.8 Å². The number of rotatable bonds is 5. The van der Waals surface area contributed by atoms with Gasteiger partial charge in [-0.2, -0.15) is 5.10 Å². The number of fused-ring (bicyclic) bond motifs is 3. The Balaban J connectivity index is 1.29. The van der Waals surface area contributed by atoms with Gasteiger partial charge < -0.3 is 4.98 Å². The summed E-state index contributed by atoms with van der Waals surface area (Å²) in [4.78, 5) is 6.57. The Bertz CT molecular complexity index is 1170. The Hall–Kier alpha value is -2.85. The molecule has 4 aromatic rings. The molecule has 2 aromatic carbocycles. The zero-order chi connectivity index (χ0) is 20.8. The zero-order valence-corrected chi connectivity index (χ0v) is 18.2. The highest BCUT2D eigenvalue weighted by molar-refractivity contribution is 5.91. The van der Waals surface area contributed by atoms with Crippen molar-refractivity contribution in [2.24, 2.45) is 7.05 Å². The Labute approximate surface area is 183 Å². The molecule has 4 heterocycles. The minimum absolute atomic E-state index is 0.624. The summed E-state index contributed by atoms with van der Waals surface area (Å²) in [5.74, 6) is 0.624. The van der Waals surface area contributed by atoms with Crippen molar-refractivity contribution in [1.82, 2.24) is 19.7 Å². The summed E-state index contributed by atoms with van der Waals surface area (Å²) in [6.07, 6.45) is 10.5. The van der Waals surface area contributed by atoms with Gasteiger partial charge in [0.2, 0.25) is 0 Å². The minimum Gasteiger partial charge on any atom is -0.354 e. The maximum atomic E-state index is 4.34. The number of benzene rings is 2.